The lowest BCUT2D eigenvalue weighted by atomic mass is 10.1. The number of piperidine rings is 1. The highest BCUT2D eigenvalue weighted by Crippen LogP contribution is 2.31. The Bertz CT molecular complexity index is 1110. The first-order valence-electron chi connectivity index (χ1n) is 11.0. The van der Waals surface area contributed by atoms with E-state index in [-0.39, 0.29) is 29.1 Å². The number of anilines is 1. The van der Waals surface area contributed by atoms with Crippen LogP contribution in [-0.4, -0.2) is 50.2 Å². The molecule has 0 saturated carbocycles. The van der Waals surface area contributed by atoms with Crippen molar-refractivity contribution in [2.24, 2.45) is 0 Å². The first-order chi connectivity index (χ1) is 15.7. The molecule has 1 fully saturated rings. The van der Waals surface area contributed by atoms with Crippen molar-refractivity contribution in [3.05, 3.63) is 48.0 Å². The molecule has 0 aromatic heterocycles. The van der Waals surface area contributed by atoms with Crippen LogP contribution in [-0.2, 0) is 14.8 Å². The van der Waals surface area contributed by atoms with Crippen molar-refractivity contribution >= 4 is 27.4 Å². The SMILES string of the molecule is CC(=O)c1cccc(OCC(=O)Nc2cc(S(=O)(=O)N3CCCCC3)ccc2OC(C)C)c1. The van der Waals surface area contributed by atoms with Crippen LogP contribution < -0.4 is 14.8 Å². The van der Waals surface area contributed by atoms with Crippen molar-refractivity contribution in [3.8, 4) is 11.5 Å². The van der Waals surface area contributed by atoms with Crippen LogP contribution in [0.3, 0.4) is 0 Å². The summed E-state index contributed by atoms with van der Waals surface area (Å²) in [5.41, 5.74) is 0.740. The molecule has 178 valence electrons. The summed E-state index contributed by atoms with van der Waals surface area (Å²) in [6, 6.07) is 11.0. The van der Waals surface area contributed by atoms with Gasteiger partial charge in [-0.15, -0.1) is 0 Å². The Morgan fingerprint density at radius 3 is 2.45 bits per heavy atom. The molecule has 8 nitrogen and oxygen atoms in total. The second-order valence-electron chi connectivity index (χ2n) is 8.21. The van der Waals surface area contributed by atoms with Gasteiger partial charge in [0.05, 0.1) is 16.7 Å². The van der Waals surface area contributed by atoms with E-state index in [2.05, 4.69) is 5.32 Å². The van der Waals surface area contributed by atoms with Crippen molar-refractivity contribution in [2.75, 3.05) is 25.0 Å². The fourth-order valence-corrected chi connectivity index (χ4v) is 5.06. The number of benzene rings is 2. The molecule has 33 heavy (non-hydrogen) atoms. The zero-order valence-corrected chi connectivity index (χ0v) is 20.0. The molecule has 1 aliphatic rings. The van der Waals surface area contributed by atoms with Gasteiger partial charge in [-0.3, -0.25) is 9.59 Å². The first-order valence-corrected chi connectivity index (χ1v) is 12.5. The summed E-state index contributed by atoms with van der Waals surface area (Å²) in [4.78, 5) is 24.2. The van der Waals surface area contributed by atoms with E-state index in [0.29, 0.717) is 30.2 Å². The largest absolute Gasteiger partial charge is 0.489 e. The normalized spacial score (nSPS) is 14.7. The second-order valence-corrected chi connectivity index (χ2v) is 10.1. The molecule has 1 aliphatic heterocycles. The van der Waals surface area contributed by atoms with Crippen LogP contribution in [0.15, 0.2) is 47.4 Å². The lowest BCUT2D eigenvalue weighted by Crippen LogP contribution is -2.35. The average molecular weight is 475 g/mol. The summed E-state index contributed by atoms with van der Waals surface area (Å²) < 4.78 is 38.9. The zero-order valence-electron chi connectivity index (χ0n) is 19.2. The number of rotatable bonds is 9. The summed E-state index contributed by atoms with van der Waals surface area (Å²) in [6.45, 7) is 5.80. The highest BCUT2D eigenvalue weighted by Gasteiger charge is 2.27. The number of Topliss-reactive ketones (excluding diaryl/α,β-unsaturated/α-hetero) is 1. The first kappa shape index (κ1) is 24.7. The van der Waals surface area contributed by atoms with E-state index in [1.807, 2.05) is 13.8 Å². The quantitative estimate of drug-likeness (QED) is 0.554. The topological polar surface area (TPSA) is 102 Å². The summed E-state index contributed by atoms with van der Waals surface area (Å²) in [6.07, 6.45) is 2.51. The van der Waals surface area contributed by atoms with E-state index in [0.717, 1.165) is 19.3 Å². The Kier molecular flexibility index (Phi) is 8.10. The molecule has 2 aromatic rings. The van der Waals surface area contributed by atoms with Gasteiger partial charge in [-0.05, 0) is 63.9 Å². The van der Waals surface area contributed by atoms with Crippen LogP contribution in [0.1, 0.15) is 50.4 Å². The number of carbonyl (C=O) groups is 2. The minimum Gasteiger partial charge on any atom is -0.489 e. The molecule has 3 rings (SSSR count). The number of nitrogens with zero attached hydrogens (tertiary/aromatic N) is 1. The van der Waals surface area contributed by atoms with Crippen LogP contribution in [0.2, 0.25) is 0 Å². The molecule has 0 radical (unpaired) electrons. The Hall–Kier alpha value is -2.91. The third kappa shape index (κ3) is 6.55. The minimum absolute atomic E-state index is 0.103. The van der Waals surface area contributed by atoms with Gasteiger partial charge >= 0.3 is 0 Å². The molecule has 0 bridgehead atoms. The zero-order chi connectivity index (χ0) is 24.0. The van der Waals surface area contributed by atoms with Crippen LogP contribution in [0.4, 0.5) is 5.69 Å². The van der Waals surface area contributed by atoms with Crippen molar-refractivity contribution in [1.82, 2.24) is 4.31 Å². The number of nitrogens with one attached hydrogen (secondary N) is 1. The van der Waals surface area contributed by atoms with Crippen molar-refractivity contribution in [2.45, 2.75) is 51.0 Å². The molecule has 0 spiro atoms. The van der Waals surface area contributed by atoms with E-state index in [9.17, 15) is 18.0 Å². The highest BCUT2D eigenvalue weighted by atomic mass is 32.2. The number of hydrogen-bond donors (Lipinski definition) is 1. The Morgan fingerprint density at radius 2 is 1.79 bits per heavy atom. The summed E-state index contributed by atoms with van der Waals surface area (Å²) in [7, 11) is -3.67. The maximum absolute atomic E-state index is 13.1. The van der Waals surface area contributed by atoms with Crippen LogP contribution >= 0.6 is 0 Å². The van der Waals surface area contributed by atoms with Gasteiger partial charge in [0.2, 0.25) is 10.0 Å². The molecule has 0 aliphatic carbocycles. The van der Waals surface area contributed by atoms with E-state index in [4.69, 9.17) is 9.47 Å². The number of carbonyl (C=O) groups excluding carboxylic acids is 2. The lowest BCUT2D eigenvalue weighted by molar-refractivity contribution is -0.118. The second kappa shape index (κ2) is 10.8. The Labute approximate surface area is 194 Å². The number of amides is 1. The van der Waals surface area contributed by atoms with Gasteiger partial charge in [-0.1, -0.05) is 18.6 Å². The maximum Gasteiger partial charge on any atom is 0.262 e. The molecular weight excluding hydrogens is 444 g/mol. The van der Waals surface area contributed by atoms with Gasteiger partial charge in [0.25, 0.3) is 5.91 Å². The minimum atomic E-state index is -3.67. The molecule has 1 heterocycles. The van der Waals surface area contributed by atoms with Gasteiger partial charge < -0.3 is 14.8 Å². The predicted molar refractivity (Wildman–Crippen MR) is 125 cm³/mol. The third-order valence-electron chi connectivity index (χ3n) is 5.15. The van der Waals surface area contributed by atoms with E-state index in [1.165, 1.54) is 23.4 Å². The van der Waals surface area contributed by atoms with Crippen molar-refractivity contribution in [3.63, 3.8) is 0 Å². The van der Waals surface area contributed by atoms with Gasteiger partial charge in [0.15, 0.2) is 12.4 Å². The molecule has 1 saturated heterocycles. The summed E-state index contributed by atoms with van der Waals surface area (Å²) in [5.74, 6) is 0.170. The van der Waals surface area contributed by atoms with Gasteiger partial charge in [-0.25, -0.2) is 8.42 Å². The standard InChI is InChI=1S/C24H30N2O6S/c1-17(2)32-23-11-10-21(33(29,30)26-12-5-4-6-13-26)15-22(23)25-24(28)16-31-20-9-7-8-19(14-20)18(3)27/h7-11,14-15,17H,4-6,12-13,16H2,1-3H3,(H,25,28). The number of ether oxygens (including phenoxy) is 2. The van der Waals surface area contributed by atoms with E-state index < -0.39 is 15.9 Å². The number of ketones is 1. The van der Waals surface area contributed by atoms with Crippen molar-refractivity contribution < 1.29 is 27.5 Å². The van der Waals surface area contributed by atoms with Gasteiger partial charge in [0, 0.05) is 18.7 Å². The third-order valence-corrected chi connectivity index (χ3v) is 7.05. The van der Waals surface area contributed by atoms with Crippen molar-refractivity contribution in [1.29, 1.82) is 0 Å². The Balaban J connectivity index is 1.77. The molecular formula is C24H30N2O6S. The Morgan fingerprint density at radius 1 is 1.06 bits per heavy atom. The molecule has 0 atom stereocenters. The highest BCUT2D eigenvalue weighted by molar-refractivity contribution is 7.89. The average Bonchev–Trinajstić information content (AvgIpc) is 2.79. The van der Waals surface area contributed by atoms with Gasteiger partial charge in [-0.2, -0.15) is 4.31 Å². The van der Waals surface area contributed by atoms with Crippen LogP contribution in [0.5, 0.6) is 11.5 Å². The van der Waals surface area contributed by atoms with Crippen LogP contribution in [0, 0.1) is 0 Å². The molecule has 0 unspecified atom stereocenters. The summed E-state index contributed by atoms with van der Waals surface area (Å²) >= 11 is 0. The summed E-state index contributed by atoms with van der Waals surface area (Å²) in [5, 5.41) is 2.70. The monoisotopic (exact) mass is 474 g/mol. The predicted octanol–water partition coefficient (Wildman–Crippen LogP) is 3.87. The number of sulfonamides is 1. The number of hydrogen-bond acceptors (Lipinski definition) is 6. The molecule has 1 amide bonds. The van der Waals surface area contributed by atoms with Crippen LogP contribution in [0.25, 0.3) is 0 Å². The van der Waals surface area contributed by atoms with E-state index >= 15 is 0 Å². The maximum atomic E-state index is 13.1. The molecule has 2 aromatic carbocycles. The fourth-order valence-electron chi connectivity index (χ4n) is 3.52. The molecule has 9 heteroatoms. The fraction of sp³-hybridized carbons (Fsp3) is 0.417. The smallest absolute Gasteiger partial charge is 0.262 e. The van der Waals surface area contributed by atoms with E-state index in [1.54, 1.807) is 30.3 Å². The lowest BCUT2D eigenvalue weighted by Gasteiger charge is -2.26. The molecule has 1 N–H and O–H groups in total. The van der Waals surface area contributed by atoms with Gasteiger partial charge in [0.1, 0.15) is 11.5 Å².